The van der Waals surface area contributed by atoms with Crippen molar-refractivity contribution in [2.75, 3.05) is 20.3 Å². The normalized spacial score (nSPS) is 10.9. The summed E-state index contributed by atoms with van der Waals surface area (Å²) in [6.45, 7) is 1.79. The summed E-state index contributed by atoms with van der Waals surface area (Å²) in [5, 5.41) is 7.30. The molecule has 0 radical (unpaired) electrons. The quantitative estimate of drug-likeness (QED) is 0.796. The van der Waals surface area contributed by atoms with Crippen LogP contribution in [0.4, 0.5) is 4.39 Å². The molecule has 6 heteroatoms. The molecule has 0 aliphatic rings. The van der Waals surface area contributed by atoms with Crippen molar-refractivity contribution in [1.29, 1.82) is 0 Å². The van der Waals surface area contributed by atoms with Gasteiger partial charge in [-0.2, -0.15) is 5.10 Å². The molecular formula is C14H18FN3OS. The SMILES string of the molecule is COCCNCc1c(F)cccc1Sc1cnn(C)c1. The molecule has 0 bridgehead atoms. The number of hydrogen-bond acceptors (Lipinski definition) is 4. The fourth-order valence-electron chi connectivity index (χ4n) is 1.77. The molecule has 0 aliphatic heterocycles. The number of ether oxygens (including phenoxy) is 1. The Kier molecular flexibility index (Phi) is 5.58. The molecule has 0 spiro atoms. The van der Waals surface area contributed by atoms with E-state index in [1.165, 1.54) is 17.8 Å². The van der Waals surface area contributed by atoms with Crippen LogP contribution in [0.25, 0.3) is 0 Å². The molecule has 108 valence electrons. The number of aromatic nitrogens is 2. The van der Waals surface area contributed by atoms with Crippen LogP contribution in [-0.4, -0.2) is 30.0 Å². The van der Waals surface area contributed by atoms with Gasteiger partial charge in [0.05, 0.1) is 17.7 Å². The summed E-state index contributed by atoms with van der Waals surface area (Å²) in [4.78, 5) is 1.90. The molecule has 1 aromatic carbocycles. The van der Waals surface area contributed by atoms with Gasteiger partial charge in [0.15, 0.2) is 0 Å². The lowest BCUT2D eigenvalue weighted by Crippen LogP contribution is -2.19. The molecule has 0 aliphatic carbocycles. The topological polar surface area (TPSA) is 39.1 Å². The first-order valence-electron chi connectivity index (χ1n) is 6.34. The maximum atomic E-state index is 14.0. The van der Waals surface area contributed by atoms with E-state index < -0.39 is 0 Å². The number of hydrogen-bond donors (Lipinski definition) is 1. The van der Waals surface area contributed by atoms with E-state index in [9.17, 15) is 4.39 Å². The Morgan fingerprint density at radius 3 is 3.00 bits per heavy atom. The highest BCUT2D eigenvalue weighted by Gasteiger charge is 2.10. The zero-order chi connectivity index (χ0) is 14.4. The smallest absolute Gasteiger partial charge is 0.128 e. The van der Waals surface area contributed by atoms with Crippen molar-refractivity contribution in [3.05, 3.63) is 42.0 Å². The molecule has 0 saturated heterocycles. The summed E-state index contributed by atoms with van der Waals surface area (Å²) in [6.07, 6.45) is 3.69. The Labute approximate surface area is 122 Å². The number of halogens is 1. The van der Waals surface area contributed by atoms with E-state index in [2.05, 4.69) is 10.4 Å². The predicted octanol–water partition coefficient (Wildman–Crippen LogP) is 2.45. The minimum Gasteiger partial charge on any atom is -0.383 e. The van der Waals surface area contributed by atoms with Crippen LogP contribution in [0.1, 0.15) is 5.56 Å². The molecule has 0 unspecified atom stereocenters. The fourth-order valence-corrected chi connectivity index (χ4v) is 2.77. The van der Waals surface area contributed by atoms with Gasteiger partial charge in [0.2, 0.25) is 0 Å². The molecule has 20 heavy (non-hydrogen) atoms. The molecule has 4 nitrogen and oxygen atoms in total. The van der Waals surface area contributed by atoms with Gasteiger partial charge in [0.25, 0.3) is 0 Å². The summed E-state index contributed by atoms with van der Waals surface area (Å²) >= 11 is 1.52. The van der Waals surface area contributed by atoms with Crippen LogP contribution in [0, 0.1) is 5.82 Å². The maximum Gasteiger partial charge on any atom is 0.128 e. The van der Waals surface area contributed by atoms with E-state index in [-0.39, 0.29) is 5.82 Å². The highest BCUT2D eigenvalue weighted by atomic mass is 32.2. The van der Waals surface area contributed by atoms with Crippen LogP contribution >= 0.6 is 11.8 Å². The Morgan fingerprint density at radius 1 is 1.45 bits per heavy atom. The first-order chi connectivity index (χ1) is 9.70. The molecule has 0 amide bonds. The van der Waals surface area contributed by atoms with Crippen molar-refractivity contribution >= 4 is 11.8 Å². The van der Waals surface area contributed by atoms with Crippen LogP contribution in [0.3, 0.4) is 0 Å². The van der Waals surface area contributed by atoms with E-state index >= 15 is 0 Å². The van der Waals surface area contributed by atoms with Gasteiger partial charge in [-0.05, 0) is 12.1 Å². The number of nitrogens with one attached hydrogen (secondary N) is 1. The van der Waals surface area contributed by atoms with Crippen LogP contribution < -0.4 is 5.32 Å². The van der Waals surface area contributed by atoms with Gasteiger partial charge >= 0.3 is 0 Å². The molecule has 0 fully saturated rings. The third-order valence-corrected chi connectivity index (χ3v) is 3.82. The van der Waals surface area contributed by atoms with E-state index in [0.29, 0.717) is 25.3 Å². The van der Waals surface area contributed by atoms with Gasteiger partial charge < -0.3 is 10.1 Å². The monoisotopic (exact) mass is 295 g/mol. The van der Waals surface area contributed by atoms with Crippen molar-refractivity contribution in [3.63, 3.8) is 0 Å². The highest BCUT2D eigenvalue weighted by Crippen LogP contribution is 2.31. The van der Waals surface area contributed by atoms with Crippen molar-refractivity contribution in [1.82, 2.24) is 15.1 Å². The van der Waals surface area contributed by atoms with Gasteiger partial charge in [0, 0.05) is 43.9 Å². The molecular weight excluding hydrogens is 277 g/mol. The van der Waals surface area contributed by atoms with Crippen LogP contribution in [0.5, 0.6) is 0 Å². The van der Waals surface area contributed by atoms with Gasteiger partial charge in [0.1, 0.15) is 5.82 Å². The van der Waals surface area contributed by atoms with E-state index in [1.807, 2.05) is 19.3 Å². The van der Waals surface area contributed by atoms with Gasteiger partial charge in [-0.25, -0.2) is 4.39 Å². The summed E-state index contributed by atoms with van der Waals surface area (Å²) in [5.74, 6) is -0.191. The number of aryl methyl sites for hydroxylation is 1. The Morgan fingerprint density at radius 2 is 2.30 bits per heavy atom. The van der Waals surface area contributed by atoms with Crippen molar-refractivity contribution in [2.24, 2.45) is 7.05 Å². The number of nitrogens with zero attached hydrogens (tertiary/aromatic N) is 2. The molecule has 1 aromatic heterocycles. The third kappa shape index (κ3) is 4.06. The second kappa shape index (κ2) is 7.42. The van der Waals surface area contributed by atoms with Crippen LogP contribution in [0.15, 0.2) is 40.4 Å². The van der Waals surface area contributed by atoms with Crippen molar-refractivity contribution < 1.29 is 9.13 Å². The first kappa shape index (κ1) is 15.0. The van der Waals surface area contributed by atoms with E-state index in [1.54, 1.807) is 24.1 Å². The van der Waals surface area contributed by atoms with Gasteiger partial charge in [-0.15, -0.1) is 0 Å². The van der Waals surface area contributed by atoms with E-state index in [4.69, 9.17) is 4.74 Å². The average molecular weight is 295 g/mol. The molecule has 0 saturated carbocycles. The lowest BCUT2D eigenvalue weighted by Gasteiger charge is -2.10. The molecule has 1 N–H and O–H groups in total. The van der Waals surface area contributed by atoms with Crippen LogP contribution in [-0.2, 0) is 18.3 Å². The zero-order valence-corrected chi connectivity index (χ0v) is 12.4. The minimum absolute atomic E-state index is 0.191. The Balaban J connectivity index is 2.09. The lowest BCUT2D eigenvalue weighted by atomic mass is 10.2. The van der Waals surface area contributed by atoms with Crippen molar-refractivity contribution in [2.45, 2.75) is 16.3 Å². The largest absolute Gasteiger partial charge is 0.383 e. The summed E-state index contributed by atoms with van der Waals surface area (Å²) in [6, 6.07) is 5.14. The van der Waals surface area contributed by atoms with E-state index in [0.717, 1.165) is 9.79 Å². The van der Waals surface area contributed by atoms with Crippen molar-refractivity contribution in [3.8, 4) is 0 Å². The number of rotatable bonds is 7. The molecule has 0 atom stereocenters. The second-order valence-corrected chi connectivity index (χ2v) is 5.45. The molecule has 2 rings (SSSR count). The third-order valence-electron chi connectivity index (χ3n) is 2.77. The standard InChI is InChI=1S/C14H18FN3OS/c1-18-10-11(8-17-18)20-14-5-3-4-13(15)12(14)9-16-6-7-19-2/h3-5,8,10,16H,6-7,9H2,1-2H3. The average Bonchev–Trinajstić information content (AvgIpc) is 2.83. The second-order valence-electron chi connectivity index (χ2n) is 4.34. The number of benzene rings is 1. The highest BCUT2D eigenvalue weighted by molar-refractivity contribution is 7.99. The predicted molar refractivity (Wildman–Crippen MR) is 77.3 cm³/mol. The Hall–Kier alpha value is -1.37. The minimum atomic E-state index is -0.191. The van der Waals surface area contributed by atoms with Gasteiger partial charge in [-0.1, -0.05) is 17.8 Å². The lowest BCUT2D eigenvalue weighted by molar-refractivity contribution is 0.199. The summed E-state index contributed by atoms with van der Waals surface area (Å²) in [7, 11) is 3.51. The zero-order valence-electron chi connectivity index (χ0n) is 11.6. The molecule has 1 heterocycles. The number of methoxy groups -OCH3 is 1. The maximum absolute atomic E-state index is 14.0. The van der Waals surface area contributed by atoms with Gasteiger partial charge in [-0.3, -0.25) is 4.68 Å². The molecule has 2 aromatic rings. The summed E-state index contributed by atoms with van der Waals surface area (Å²) in [5.41, 5.74) is 0.678. The summed E-state index contributed by atoms with van der Waals surface area (Å²) < 4.78 is 20.7. The first-order valence-corrected chi connectivity index (χ1v) is 7.16. The fraction of sp³-hybridized carbons (Fsp3) is 0.357. The Bertz CT molecular complexity index is 559. The van der Waals surface area contributed by atoms with Crippen LogP contribution in [0.2, 0.25) is 0 Å².